The summed E-state index contributed by atoms with van der Waals surface area (Å²) in [5, 5.41) is 3.19. The minimum absolute atomic E-state index is 0.992. The van der Waals surface area contributed by atoms with Crippen molar-refractivity contribution in [3.05, 3.63) is 60.1 Å². The van der Waals surface area contributed by atoms with E-state index in [0.717, 1.165) is 24.0 Å². The number of rotatable bonds is 6. The van der Waals surface area contributed by atoms with Crippen molar-refractivity contribution in [2.24, 2.45) is 0 Å². The largest absolute Gasteiger partial charge is 0.391 e. The average molecular weight is 228 g/mol. The van der Waals surface area contributed by atoms with Gasteiger partial charge in [0.15, 0.2) is 0 Å². The van der Waals surface area contributed by atoms with Crippen LogP contribution >= 0.6 is 0 Å². The number of hydrogen-bond donors (Lipinski definition) is 1. The van der Waals surface area contributed by atoms with Crippen LogP contribution in [0.1, 0.15) is 25.3 Å². The van der Waals surface area contributed by atoms with Crippen molar-refractivity contribution in [1.29, 1.82) is 0 Å². The third-order valence-electron chi connectivity index (χ3n) is 2.37. The van der Waals surface area contributed by atoms with Crippen molar-refractivity contribution < 1.29 is 0 Å². The summed E-state index contributed by atoms with van der Waals surface area (Å²) in [7, 11) is 1.94. The van der Waals surface area contributed by atoms with E-state index < -0.39 is 0 Å². The van der Waals surface area contributed by atoms with Crippen molar-refractivity contribution in [3.63, 3.8) is 0 Å². The minimum atomic E-state index is 0.992. The molecule has 1 N–H and O–H groups in total. The van der Waals surface area contributed by atoms with Gasteiger partial charge in [0.05, 0.1) is 0 Å². The molecule has 0 saturated carbocycles. The lowest BCUT2D eigenvalue weighted by Crippen LogP contribution is -2.05. The molecule has 0 unspecified atom stereocenters. The lowest BCUT2D eigenvalue weighted by atomic mass is 10.1. The molecule has 17 heavy (non-hydrogen) atoms. The maximum Gasteiger partial charge on any atom is 0.0340 e. The van der Waals surface area contributed by atoms with Crippen LogP contribution < -0.4 is 5.32 Å². The zero-order chi connectivity index (χ0) is 12.5. The number of allylic oxidation sites excluding steroid dienone is 4. The Kier molecular flexibility index (Phi) is 5.80. The second kappa shape index (κ2) is 7.44. The predicted octanol–water partition coefficient (Wildman–Crippen LogP) is 3.55. The molecule has 0 aliphatic heterocycles. The first-order chi connectivity index (χ1) is 8.26. The fraction of sp³-hybridized carbons (Fsp3) is 0.267. The Labute approximate surface area is 104 Å². The molecule has 2 heteroatoms. The number of hydrogen-bond acceptors (Lipinski definition) is 2. The van der Waals surface area contributed by atoms with Crippen LogP contribution in [0.4, 0.5) is 0 Å². The Balaban J connectivity index is 2.63. The molecule has 0 saturated heterocycles. The van der Waals surface area contributed by atoms with Crippen LogP contribution in [0.15, 0.2) is 54.5 Å². The third-order valence-corrected chi connectivity index (χ3v) is 2.37. The number of aromatic nitrogens is 1. The van der Waals surface area contributed by atoms with Gasteiger partial charge in [0.1, 0.15) is 0 Å². The zero-order valence-corrected chi connectivity index (χ0v) is 10.6. The van der Waals surface area contributed by atoms with Crippen LogP contribution in [0.25, 0.3) is 6.08 Å². The Morgan fingerprint density at radius 2 is 2.35 bits per heavy atom. The van der Waals surface area contributed by atoms with E-state index in [1.54, 1.807) is 6.20 Å². The highest BCUT2D eigenvalue weighted by molar-refractivity contribution is 5.53. The van der Waals surface area contributed by atoms with Gasteiger partial charge >= 0.3 is 0 Å². The van der Waals surface area contributed by atoms with Gasteiger partial charge in [-0.25, -0.2) is 0 Å². The maximum atomic E-state index is 4.06. The third kappa shape index (κ3) is 5.16. The molecule has 0 bridgehead atoms. The van der Waals surface area contributed by atoms with E-state index in [4.69, 9.17) is 0 Å². The van der Waals surface area contributed by atoms with Gasteiger partial charge < -0.3 is 5.32 Å². The van der Waals surface area contributed by atoms with Crippen molar-refractivity contribution in [3.8, 4) is 0 Å². The Morgan fingerprint density at radius 1 is 1.53 bits per heavy atom. The first-order valence-electron chi connectivity index (χ1n) is 5.91. The molecule has 0 fully saturated rings. The lowest BCUT2D eigenvalue weighted by Gasteiger charge is -2.04. The van der Waals surface area contributed by atoms with Crippen LogP contribution in [-0.4, -0.2) is 12.0 Å². The number of pyridine rings is 1. The first kappa shape index (κ1) is 13.2. The van der Waals surface area contributed by atoms with E-state index in [2.05, 4.69) is 29.9 Å². The standard InChI is InChI=1S/C15H20N2/c1-4-6-15(16-3)11-13(2)8-9-14-7-5-10-17-12-14/h5,7-12,16H,2,4,6H2,1,3H3/b9-8+,15-11-. The molecule has 1 rings (SSSR count). The molecule has 0 amide bonds. The Morgan fingerprint density at radius 3 is 2.94 bits per heavy atom. The number of nitrogens with one attached hydrogen (secondary N) is 1. The van der Waals surface area contributed by atoms with Gasteiger partial charge in [-0.3, -0.25) is 4.98 Å². The highest BCUT2D eigenvalue weighted by Gasteiger charge is 1.92. The highest BCUT2D eigenvalue weighted by atomic mass is 14.8. The molecular weight excluding hydrogens is 208 g/mol. The van der Waals surface area contributed by atoms with Gasteiger partial charge in [0.25, 0.3) is 0 Å². The molecule has 1 heterocycles. The van der Waals surface area contributed by atoms with Crippen molar-refractivity contribution in [2.45, 2.75) is 19.8 Å². The maximum absolute atomic E-state index is 4.06. The van der Waals surface area contributed by atoms with Gasteiger partial charge in [-0.2, -0.15) is 0 Å². The van der Waals surface area contributed by atoms with E-state index in [1.807, 2.05) is 37.5 Å². The van der Waals surface area contributed by atoms with Crippen LogP contribution in [-0.2, 0) is 0 Å². The predicted molar refractivity (Wildman–Crippen MR) is 74.5 cm³/mol. The van der Waals surface area contributed by atoms with Crippen molar-refractivity contribution in [1.82, 2.24) is 10.3 Å². The minimum Gasteiger partial charge on any atom is -0.391 e. The molecule has 1 aromatic heterocycles. The summed E-state index contributed by atoms with van der Waals surface area (Å²) in [5.41, 5.74) is 3.29. The molecule has 0 atom stereocenters. The second-order valence-electron chi connectivity index (χ2n) is 3.86. The summed E-state index contributed by atoms with van der Waals surface area (Å²) in [6, 6.07) is 3.94. The molecule has 0 spiro atoms. The molecule has 90 valence electrons. The van der Waals surface area contributed by atoms with Gasteiger partial charge in [-0.15, -0.1) is 0 Å². The first-order valence-corrected chi connectivity index (χ1v) is 5.91. The molecular formula is C15H20N2. The molecule has 0 radical (unpaired) electrons. The van der Waals surface area contributed by atoms with E-state index in [-0.39, 0.29) is 0 Å². The quantitative estimate of drug-likeness (QED) is 0.753. The molecule has 1 aromatic rings. The number of nitrogens with zero attached hydrogens (tertiary/aromatic N) is 1. The van der Waals surface area contributed by atoms with Gasteiger partial charge in [-0.05, 0) is 29.7 Å². The van der Waals surface area contributed by atoms with Crippen molar-refractivity contribution in [2.75, 3.05) is 7.05 Å². The van der Waals surface area contributed by atoms with Crippen LogP contribution in [0.2, 0.25) is 0 Å². The van der Waals surface area contributed by atoms with Gasteiger partial charge in [-0.1, -0.05) is 38.1 Å². The molecule has 0 aliphatic rings. The Hall–Kier alpha value is -1.83. The Bertz CT molecular complexity index is 402. The van der Waals surface area contributed by atoms with Crippen molar-refractivity contribution >= 4 is 6.08 Å². The summed E-state index contributed by atoms with van der Waals surface area (Å²) < 4.78 is 0. The SMILES string of the molecule is C=C(/C=C(/CCC)NC)/C=C/c1cccnc1. The highest BCUT2D eigenvalue weighted by Crippen LogP contribution is 2.08. The second-order valence-corrected chi connectivity index (χ2v) is 3.86. The van der Waals surface area contributed by atoms with Crippen LogP contribution in [0.3, 0.4) is 0 Å². The van der Waals surface area contributed by atoms with Crippen LogP contribution in [0, 0.1) is 0 Å². The summed E-state index contributed by atoms with van der Waals surface area (Å²) in [4.78, 5) is 4.06. The van der Waals surface area contributed by atoms with E-state index in [9.17, 15) is 0 Å². The average Bonchev–Trinajstić information content (AvgIpc) is 2.37. The monoisotopic (exact) mass is 228 g/mol. The van der Waals surface area contributed by atoms with Gasteiger partial charge in [0.2, 0.25) is 0 Å². The molecule has 0 aliphatic carbocycles. The van der Waals surface area contributed by atoms with E-state index in [0.29, 0.717) is 0 Å². The van der Waals surface area contributed by atoms with Gasteiger partial charge in [0, 0.05) is 25.1 Å². The molecule has 0 aromatic carbocycles. The van der Waals surface area contributed by atoms with Crippen LogP contribution in [0.5, 0.6) is 0 Å². The fourth-order valence-electron chi connectivity index (χ4n) is 1.49. The summed E-state index contributed by atoms with van der Waals surface area (Å²) in [5.74, 6) is 0. The smallest absolute Gasteiger partial charge is 0.0340 e. The summed E-state index contributed by atoms with van der Waals surface area (Å²) >= 11 is 0. The molecule has 2 nitrogen and oxygen atoms in total. The van der Waals surface area contributed by atoms with E-state index in [1.165, 1.54) is 5.70 Å². The summed E-state index contributed by atoms with van der Waals surface area (Å²) in [6.07, 6.45) is 11.9. The lowest BCUT2D eigenvalue weighted by molar-refractivity contribution is 0.815. The topological polar surface area (TPSA) is 24.9 Å². The zero-order valence-electron chi connectivity index (χ0n) is 10.6. The normalized spacial score (nSPS) is 11.8. The van der Waals surface area contributed by atoms with E-state index >= 15 is 0 Å². The summed E-state index contributed by atoms with van der Waals surface area (Å²) in [6.45, 7) is 6.18. The fourth-order valence-corrected chi connectivity index (χ4v) is 1.49.